The fourth-order valence-corrected chi connectivity index (χ4v) is 2.48. The van der Waals surface area contributed by atoms with Gasteiger partial charge in [-0.25, -0.2) is 9.97 Å². The molecular formula is C20H20N4O2. The van der Waals surface area contributed by atoms with Gasteiger partial charge in [-0.1, -0.05) is 42.5 Å². The molecule has 0 fully saturated rings. The van der Waals surface area contributed by atoms with Crippen molar-refractivity contribution in [3.8, 4) is 5.75 Å². The third-order valence-corrected chi connectivity index (χ3v) is 3.74. The molecule has 1 heterocycles. The molecule has 0 unspecified atom stereocenters. The zero-order valence-electron chi connectivity index (χ0n) is 14.7. The Bertz CT molecular complexity index is 897. The second kappa shape index (κ2) is 8.11. The van der Waals surface area contributed by atoms with Crippen LogP contribution >= 0.6 is 0 Å². The summed E-state index contributed by atoms with van der Waals surface area (Å²) in [5, 5.41) is 5.98. The van der Waals surface area contributed by atoms with E-state index in [-0.39, 0.29) is 5.91 Å². The lowest BCUT2D eigenvalue weighted by atomic mass is 10.2. The van der Waals surface area contributed by atoms with Crippen molar-refractivity contribution in [2.75, 3.05) is 17.7 Å². The Kier molecular flexibility index (Phi) is 5.43. The maximum Gasteiger partial charge on any atom is 0.274 e. The van der Waals surface area contributed by atoms with Crippen LogP contribution in [0.5, 0.6) is 5.75 Å². The van der Waals surface area contributed by atoms with Gasteiger partial charge in [0.2, 0.25) is 5.95 Å². The molecule has 3 aromatic rings. The van der Waals surface area contributed by atoms with Gasteiger partial charge in [0.25, 0.3) is 5.91 Å². The summed E-state index contributed by atoms with van der Waals surface area (Å²) >= 11 is 0. The molecule has 0 saturated carbocycles. The zero-order chi connectivity index (χ0) is 18.4. The fraction of sp³-hybridized carbons (Fsp3) is 0.150. The van der Waals surface area contributed by atoms with Gasteiger partial charge < -0.3 is 15.4 Å². The summed E-state index contributed by atoms with van der Waals surface area (Å²) < 4.78 is 5.26. The summed E-state index contributed by atoms with van der Waals surface area (Å²) in [6, 6.07) is 18.8. The molecule has 0 aliphatic carbocycles. The van der Waals surface area contributed by atoms with Crippen LogP contribution in [0.4, 0.5) is 11.6 Å². The minimum absolute atomic E-state index is 0.291. The number of rotatable bonds is 6. The van der Waals surface area contributed by atoms with E-state index in [1.807, 2.05) is 49.4 Å². The lowest BCUT2D eigenvalue weighted by molar-refractivity contribution is 0.102. The maximum atomic E-state index is 12.6. The summed E-state index contributed by atoms with van der Waals surface area (Å²) in [5.74, 6) is 0.691. The number of methoxy groups -OCH3 is 1. The second-order valence-corrected chi connectivity index (χ2v) is 5.71. The highest BCUT2D eigenvalue weighted by molar-refractivity contribution is 6.03. The molecule has 2 aromatic carbocycles. The number of ether oxygens (including phenoxy) is 1. The van der Waals surface area contributed by atoms with Crippen molar-refractivity contribution in [3.05, 3.63) is 77.6 Å². The highest BCUT2D eigenvalue weighted by Crippen LogP contribution is 2.23. The number of nitrogens with one attached hydrogen (secondary N) is 2. The summed E-state index contributed by atoms with van der Waals surface area (Å²) in [7, 11) is 1.56. The van der Waals surface area contributed by atoms with Crippen LogP contribution in [0, 0.1) is 6.92 Å². The topological polar surface area (TPSA) is 76.1 Å². The minimum atomic E-state index is -0.317. The van der Waals surface area contributed by atoms with Crippen molar-refractivity contribution < 1.29 is 9.53 Å². The Morgan fingerprint density at radius 3 is 2.54 bits per heavy atom. The number of hydrogen-bond acceptors (Lipinski definition) is 5. The number of carbonyl (C=O) groups excluding carboxylic acids is 1. The van der Waals surface area contributed by atoms with Gasteiger partial charge in [-0.2, -0.15) is 0 Å². The SMILES string of the molecule is COc1ccccc1NC(=O)c1cc(C)nc(NCc2ccccc2)n1. The van der Waals surface area contributed by atoms with Gasteiger partial charge in [-0.3, -0.25) is 4.79 Å². The highest BCUT2D eigenvalue weighted by Gasteiger charge is 2.13. The Hall–Kier alpha value is -3.41. The average Bonchev–Trinajstić information content (AvgIpc) is 2.67. The average molecular weight is 348 g/mol. The van der Waals surface area contributed by atoms with Crippen molar-refractivity contribution in [2.24, 2.45) is 0 Å². The normalized spacial score (nSPS) is 10.2. The molecule has 6 heteroatoms. The molecule has 26 heavy (non-hydrogen) atoms. The van der Waals surface area contributed by atoms with Gasteiger partial charge in [0.05, 0.1) is 12.8 Å². The Morgan fingerprint density at radius 2 is 1.77 bits per heavy atom. The monoisotopic (exact) mass is 348 g/mol. The molecule has 3 rings (SSSR count). The van der Waals surface area contributed by atoms with E-state index in [1.165, 1.54) is 0 Å². The first-order chi connectivity index (χ1) is 12.7. The van der Waals surface area contributed by atoms with Crippen LogP contribution in [0.25, 0.3) is 0 Å². The molecule has 0 aliphatic rings. The van der Waals surface area contributed by atoms with Crippen LogP contribution in [0.15, 0.2) is 60.7 Å². The second-order valence-electron chi connectivity index (χ2n) is 5.71. The molecule has 0 radical (unpaired) electrons. The first kappa shape index (κ1) is 17.4. The third-order valence-electron chi connectivity index (χ3n) is 3.74. The Balaban J connectivity index is 1.75. The first-order valence-electron chi connectivity index (χ1n) is 8.23. The Morgan fingerprint density at radius 1 is 1.04 bits per heavy atom. The lowest BCUT2D eigenvalue weighted by Crippen LogP contribution is -2.16. The van der Waals surface area contributed by atoms with Crippen molar-refractivity contribution in [1.82, 2.24) is 9.97 Å². The molecule has 2 N–H and O–H groups in total. The van der Waals surface area contributed by atoms with Crippen molar-refractivity contribution in [2.45, 2.75) is 13.5 Å². The van der Waals surface area contributed by atoms with E-state index in [0.29, 0.717) is 35.3 Å². The third kappa shape index (κ3) is 4.36. The molecule has 6 nitrogen and oxygen atoms in total. The summed E-state index contributed by atoms with van der Waals surface area (Å²) in [4.78, 5) is 21.2. The number of benzene rings is 2. The van der Waals surface area contributed by atoms with Gasteiger partial charge in [0, 0.05) is 12.2 Å². The molecule has 0 bridgehead atoms. The standard InChI is InChI=1S/C20H20N4O2/c1-14-12-17(19(25)23-16-10-6-7-11-18(16)26-2)24-20(22-14)21-13-15-8-4-3-5-9-15/h3-12H,13H2,1-2H3,(H,23,25)(H,21,22,24). The molecule has 1 aromatic heterocycles. The Labute approximate surface area is 152 Å². The lowest BCUT2D eigenvalue weighted by Gasteiger charge is -2.11. The predicted octanol–water partition coefficient (Wildman–Crippen LogP) is 3.66. The van der Waals surface area contributed by atoms with E-state index in [2.05, 4.69) is 20.6 Å². The van der Waals surface area contributed by atoms with E-state index in [4.69, 9.17) is 4.74 Å². The number of amides is 1. The van der Waals surface area contributed by atoms with Crippen LogP contribution < -0.4 is 15.4 Å². The molecule has 1 amide bonds. The smallest absolute Gasteiger partial charge is 0.274 e. The predicted molar refractivity (Wildman–Crippen MR) is 101 cm³/mol. The van der Waals surface area contributed by atoms with Gasteiger partial charge in [-0.15, -0.1) is 0 Å². The minimum Gasteiger partial charge on any atom is -0.495 e. The van der Waals surface area contributed by atoms with Crippen LogP contribution in [-0.4, -0.2) is 23.0 Å². The van der Waals surface area contributed by atoms with Crippen LogP contribution in [0.1, 0.15) is 21.7 Å². The number of carbonyl (C=O) groups is 1. The molecule has 0 spiro atoms. The first-order valence-corrected chi connectivity index (χ1v) is 8.23. The van der Waals surface area contributed by atoms with E-state index in [9.17, 15) is 4.79 Å². The number of aromatic nitrogens is 2. The zero-order valence-corrected chi connectivity index (χ0v) is 14.7. The van der Waals surface area contributed by atoms with E-state index in [0.717, 1.165) is 5.56 Å². The molecule has 0 aliphatic heterocycles. The summed E-state index contributed by atoms with van der Waals surface area (Å²) in [6.45, 7) is 2.41. The fourth-order valence-electron chi connectivity index (χ4n) is 2.48. The van der Waals surface area contributed by atoms with Crippen LogP contribution in [0.2, 0.25) is 0 Å². The number of aryl methyl sites for hydroxylation is 1. The van der Waals surface area contributed by atoms with E-state index < -0.39 is 0 Å². The van der Waals surface area contributed by atoms with Crippen LogP contribution in [-0.2, 0) is 6.54 Å². The number of anilines is 2. The van der Waals surface area contributed by atoms with Crippen LogP contribution in [0.3, 0.4) is 0 Å². The summed E-state index contributed by atoms with van der Waals surface area (Å²) in [5.41, 5.74) is 2.70. The van der Waals surface area contributed by atoms with Crippen molar-refractivity contribution in [3.63, 3.8) is 0 Å². The van der Waals surface area contributed by atoms with Crippen molar-refractivity contribution in [1.29, 1.82) is 0 Å². The number of nitrogens with zero attached hydrogens (tertiary/aromatic N) is 2. The molecule has 132 valence electrons. The van der Waals surface area contributed by atoms with E-state index in [1.54, 1.807) is 25.3 Å². The van der Waals surface area contributed by atoms with Gasteiger partial charge in [0.15, 0.2) is 0 Å². The molecule has 0 atom stereocenters. The van der Waals surface area contributed by atoms with Crippen molar-refractivity contribution >= 4 is 17.5 Å². The van der Waals surface area contributed by atoms with Gasteiger partial charge in [-0.05, 0) is 30.7 Å². The maximum absolute atomic E-state index is 12.6. The number of hydrogen-bond donors (Lipinski definition) is 2. The number of para-hydroxylation sites is 2. The molecular weight excluding hydrogens is 328 g/mol. The highest BCUT2D eigenvalue weighted by atomic mass is 16.5. The van der Waals surface area contributed by atoms with Gasteiger partial charge in [0.1, 0.15) is 11.4 Å². The van der Waals surface area contributed by atoms with Gasteiger partial charge >= 0.3 is 0 Å². The molecule has 0 saturated heterocycles. The largest absolute Gasteiger partial charge is 0.495 e. The quantitative estimate of drug-likeness (QED) is 0.711. The summed E-state index contributed by atoms with van der Waals surface area (Å²) in [6.07, 6.45) is 0. The van der Waals surface area contributed by atoms with E-state index >= 15 is 0 Å².